The number of piperazine rings is 1. The van der Waals surface area contributed by atoms with Crippen LogP contribution in [-0.4, -0.2) is 42.6 Å². The Labute approximate surface area is 115 Å². The van der Waals surface area contributed by atoms with Crippen LogP contribution in [0.2, 0.25) is 0 Å². The molecule has 0 N–H and O–H groups in total. The first-order chi connectivity index (χ1) is 9.34. The minimum atomic E-state index is 0.580. The van der Waals surface area contributed by atoms with Crippen molar-refractivity contribution < 1.29 is 0 Å². The molecule has 0 saturated carbocycles. The molecule has 3 rings (SSSR count). The standard InChI is InChI=1S/C16H23N3/c1-18-11-12-19(16-9-5-6-10-17-16)13-15(18)14-7-3-2-4-8-14/h5-7,9-10,15H,2-4,8,11-13H2,1H3. The summed E-state index contributed by atoms with van der Waals surface area (Å²) in [6, 6.07) is 6.77. The molecule has 1 aromatic heterocycles. The van der Waals surface area contributed by atoms with Gasteiger partial charge in [0.2, 0.25) is 0 Å². The lowest BCUT2D eigenvalue weighted by Gasteiger charge is -2.41. The van der Waals surface area contributed by atoms with E-state index in [9.17, 15) is 0 Å². The lowest BCUT2D eigenvalue weighted by Crippen LogP contribution is -2.52. The smallest absolute Gasteiger partial charge is 0.128 e. The Kier molecular flexibility index (Phi) is 3.83. The first-order valence-electron chi connectivity index (χ1n) is 7.40. The van der Waals surface area contributed by atoms with Gasteiger partial charge in [0.15, 0.2) is 0 Å². The van der Waals surface area contributed by atoms with Gasteiger partial charge in [-0.25, -0.2) is 4.98 Å². The molecule has 1 atom stereocenters. The molecule has 1 aromatic rings. The van der Waals surface area contributed by atoms with Gasteiger partial charge in [-0.2, -0.15) is 0 Å². The summed E-state index contributed by atoms with van der Waals surface area (Å²) in [6.07, 6.45) is 9.65. The SMILES string of the molecule is CN1CCN(c2ccccn2)CC1C1=CCCCC1. The quantitative estimate of drug-likeness (QED) is 0.759. The molecule has 0 aromatic carbocycles. The van der Waals surface area contributed by atoms with Crippen LogP contribution in [0.1, 0.15) is 25.7 Å². The van der Waals surface area contributed by atoms with Crippen LogP contribution in [-0.2, 0) is 0 Å². The van der Waals surface area contributed by atoms with Crippen molar-refractivity contribution in [2.24, 2.45) is 0 Å². The van der Waals surface area contributed by atoms with Gasteiger partial charge in [0.1, 0.15) is 5.82 Å². The first-order valence-corrected chi connectivity index (χ1v) is 7.40. The predicted molar refractivity (Wildman–Crippen MR) is 79.4 cm³/mol. The van der Waals surface area contributed by atoms with Gasteiger partial charge in [0.25, 0.3) is 0 Å². The van der Waals surface area contributed by atoms with Crippen LogP contribution >= 0.6 is 0 Å². The van der Waals surface area contributed by atoms with E-state index < -0.39 is 0 Å². The lowest BCUT2D eigenvalue weighted by molar-refractivity contribution is 0.240. The van der Waals surface area contributed by atoms with Gasteiger partial charge in [-0.05, 0) is 44.9 Å². The lowest BCUT2D eigenvalue weighted by atomic mass is 9.92. The zero-order chi connectivity index (χ0) is 13.1. The molecule has 0 spiro atoms. The molecule has 0 amide bonds. The molecular weight excluding hydrogens is 234 g/mol. The number of pyridine rings is 1. The van der Waals surface area contributed by atoms with Crippen molar-refractivity contribution in [1.29, 1.82) is 0 Å². The average molecular weight is 257 g/mol. The third kappa shape index (κ3) is 2.81. The fraction of sp³-hybridized carbons (Fsp3) is 0.562. The maximum absolute atomic E-state index is 4.49. The van der Waals surface area contributed by atoms with Crippen molar-refractivity contribution >= 4 is 5.82 Å². The summed E-state index contributed by atoms with van der Waals surface area (Å²) in [6.45, 7) is 3.29. The summed E-state index contributed by atoms with van der Waals surface area (Å²) in [5.74, 6) is 1.12. The number of aromatic nitrogens is 1. The Morgan fingerprint density at radius 2 is 2.16 bits per heavy atom. The first kappa shape index (κ1) is 12.7. The summed E-state index contributed by atoms with van der Waals surface area (Å²) in [4.78, 5) is 9.44. The molecular formula is C16H23N3. The fourth-order valence-electron chi connectivity index (χ4n) is 3.19. The van der Waals surface area contributed by atoms with E-state index in [4.69, 9.17) is 0 Å². The normalized spacial score (nSPS) is 25.2. The number of hydrogen-bond donors (Lipinski definition) is 0. The van der Waals surface area contributed by atoms with E-state index in [0.717, 1.165) is 25.5 Å². The van der Waals surface area contributed by atoms with Crippen LogP contribution in [0.5, 0.6) is 0 Å². The highest BCUT2D eigenvalue weighted by molar-refractivity contribution is 5.40. The topological polar surface area (TPSA) is 19.4 Å². The van der Waals surface area contributed by atoms with E-state index in [1.165, 1.54) is 25.7 Å². The highest BCUT2D eigenvalue weighted by Gasteiger charge is 2.28. The molecule has 3 heteroatoms. The largest absolute Gasteiger partial charge is 0.353 e. The predicted octanol–water partition coefficient (Wildman–Crippen LogP) is 2.70. The number of hydrogen-bond acceptors (Lipinski definition) is 3. The van der Waals surface area contributed by atoms with Crippen molar-refractivity contribution in [2.75, 3.05) is 31.6 Å². The van der Waals surface area contributed by atoms with Gasteiger partial charge in [0.05, 0.1) is 0 Å². The van der Waals surface area contributed by atoms with Gasteiger partial charge in [-0.3, -0.25) is 4.90 Å². The van der Waals surface area contributed by atoms with E-state index in [2.05, 4.69) is 40.0 Å². The van der Waals surface area contributed by atoms with E-state index in [0.29, 0.717) is 6.04 Å². The highest BCUT2D eigenvalue weighted by Crippen LogP contribution is 2.26. The van der Waals surface area contributed by atoms with E-state index >= 15 is 0 Å². The molecule has 1 aliphatic carbocycles. The van der Waals surface area contributed by atoms with E-state index in [-0.39, 0.29) is 0 Å². The van der Waals surface area contributed by atoms with Crippen molar-refractivity contribution in [1.82, 2.24) is 9.88 Å². The summed E-state index contributed by atoms with van der Waals surface area (Å²) in [7, 11) is 2.26. The number of allylic oxidation sites excluding steroid dienone is 1. The summed E-state index contributed by atoms with van der Waals surface area (Å²) >= 11 is 0. The van der Waals surface area contributed by atoms with Crippen LogP contribution < -0.4 is 4.90 Å². The minimum absolute atomic E-state index is 0.580. The average Bonchev–Trinajstić information content (AvgIpc) is 2.49. The van der Waals surface area contributed by atoms with Crippen LogP contribution in [0.25, 0.3) is 0 Å². The zero-order valence-electron chi connectivity index (χ0n) is 11.8. The molecule has 1 saturated heterocycles. The molecule has 2 heterocycles. The molecule has 0 radical (unpaired) electrons. The van der Waals surface area contributed by atoms with Crippen molar-refractivity contribution in [3.63, 3.8) is 0 Å². The van der Waals surface area contributed by atoms with Crippen LogP contribution in [0.15, 0.2) is 36.0 Å². The molecule has 19 heavy (non-hydrogen) atoms. The number of anilines is 1. The number of likely N-dealkylation sites (N-methyl/N-ethyl adjacent to an activating group) is 1. The summed E-state index contributed by atoms with van der Waals surface area (Å²) < 4.78 is 0. The maximum atomic E-state index is 4.49. The molecule has 3 nitrogen and oxygen atoms in total. The summed E-state index contributed by atoms with van der Waals surface area (Å²) in [5, 5.41) is 0. The van der Waals surface area contributed by atoms with Gasteiger partial charge in [0, 0.05) is 31.9 Å². The maximum Gasteiger partial charge on any atom is 0.128 e. The number of rotatable bonds is 2. The van der Waals surface area contributed by atoms with E-state index in [1.807, 2.05) is 12.3 Å². The molecule has 1 fully saturated rings. The van der Waals surface area contributed by atoms with Gasteiger partial charge in [-0.1, -0.05) is 17.7 Å². The van der Waals surface area contributed by atoms with Crippen molar-refractivity contribution in [2.45, 2.75) is 31.7 Å². The van der Waals surface area contributed by atoms with Gasteiger partial charge in [-0.15, -0.1) is 0 Å². The Bertz CT molecular complexity index is 441. The van der Waals surface area contributed by atoms with Crippen molar-refractivity contribution in [3.05, 3.63) is 36.0 Å². The van der Waals surface area contributed by atoms with E-state index in [1.54, 1.807) is 5.57 Å². The third-order valence-corrected chi connectivity index (χ3v) is 4.38. The molecule has 2 aliphatic rings. The Balaban J connectivity index is 1.75. The zero-order valence-corrected chi connectivity index (χ0v) is 11.8. The number of nitrogens with zero attached hydrogens (tertiary/aromatic N) is 3. The molecule has 102 valence electrons. The van der Waals surface area contributed by atoms with Crippen LogP contribution in [0.3, 0.4) is 0 Å². The Morgan fingerprint density at radius 3 is 2.89 bits per heavy atom. The second kappa shape index (κ2) is 5.74. The Hall–Kier alpha value is -1.35. The molecule has 1 unspecified atom stereocenters. The van der Waals surface area contributed by atoms with Gasteiger partial charge < -0.3 is 4.90 Å². The molecule has 0 bridgehead atoms. The fourth-order valence-corrected chi connectivity index (χ4v) is 3.19. The molecule has 1 aliphatic heterocycles. The highest BCUT2D eigenvalue weighted by atomic mass is 15.3. The van der Waals surface area contributed by atoms with Crippen molar-refractivity contribution in [3.8, 4) is 0 Å². The Morgan fingerprint density at radius 1 is 1.21 bits per heavy atom. The summed E-state index contributed by atoms with van der Waals surface area (Å²) in [5.41, 5.74) is 1.65. The van der Waals surface area contributed by atoms with Gasteiger partial charge >= 0.3 is 0 Å². The second-order valence-electron chi connectivity index (χ2n) is 5.66. The minimum Gasteiger partial charge on any atom is -0.353 e. The monoisotopic (exact) mass is 257 g/mol. The van der Waals surface area contributed by atoms with Crippen LogP contribution in [0.4, 0.5) is 5.82 Å². The second-order valence-corrected chi connectivity index (χ2v) is 5.66. The van der Waals surface area contributed by atoms with Crippen LogP contribution in [0, 0.1) is 0 Å². The third-order valence-electron chi connectivity index (χ3n) is 4.38.